The second kappa shape index (κ2) is 17.2. The standard InChI is InChI=1S/C18H21NO4.C17H18O4/c1-4-23-17-11-14(5-6-16(17)21-2)15(12-18(20)22-3)13-7-9-19-10-8-13;1-4-20-17-11-13(7-8-16(17)19-3)14(10-12(2)18)15-6-5-9-21-15/h5-11,15H,4,12H2,1-3H3;5-11H,4H2,1-3H3/b;14-10-. The van der Waals surface area contributed by atoms with Gasteiger partial charge in [-0.2, -0.15) is 0 Å². The maximum Gasteiger partial charge on any atom is 0.306 e. The molecule has 1 atom stereocenters. The highest BCUT2D eigenvalue weighted by Crippen LogP contribution is 2.36. The third kappa shape index (κ3) is 9.22. The summed E-state index contributed by atoms with van der Waals surface area (Å²) in [5, 5.41) is 0. The van der Waals surface area contributed by atoms with Gasteiger partial charge in [0, 0.05) is 23.9 Å². The molecule has 232 valence electrons. The summed E-state index contributed by atoms with van der Waals surface area (Å²) in [4.78, 5) is 27.3. The first-order valence-corrected chi connectivity index (χ1v) is 14.2. The number of ether oxygens (including phenoxy) is 5. The summed E-state index contributed by atoms with van der Waals surface area (Å²) >= 11 is 0. The molecule has 0 radical (unpaired) electrons. The first-order valence-electron chi connectivity index (χ1n) is 14.2. The number of esters is 1. The molecule has 0 aliphatic carbocycles. The maximum atomic E-state index is 11.8. The summed E-state index contributed by atoms with van der Waals surface area (Å²) in [7, 11) is 4.59. The summed E-state index contributed by atoms with van der Waals surface area (Å²) in [6.07, 6.45) is 6.81. The number of ketones is 1. The van der Waals surface area contributed by atoms with Crippen molar-refractivity contribution < 1.29 is 37.7 Å². The number of furan rings is 1. The molecule has 2 aromatic carbocycles. The van der Waals surface area contributed by atoms with Gasteiger partial charge in [-0.05, 0) is 92.1 Å². The number of nitrogens with zero attached hydrogens (tertiary/aromatic N) is 1. The van der Waals surface area contributed by atoms with E-state index >= 15 is 0 Å². The van der Waals surface area contributed by atoms with Crippen LogP contribution in [0.25, 0.3) is 5.57 Å². The minimum Gasteiger partial charge on any atom is -0.493 e. The van der Waals surface area contributed by atoms with Gasteiger partial charge in [-0.15, -0.1) is 0 Å². The van der Waals surface area contributed by atoms with Crippen molar-refractivity contribution in [1.29, 1.82) is 0 Å². The van der Waals surface area contributed by atoms with Crippen LogP contribution in [-0.2, 0) is 14.3 Å². The van der Waals surface area contributed by atoms with Crippen molar-refractivity contribution in [2.24, 2.45) is 0 Å². The van der Waals surface area contributed by atoms with Gasteiger partial charge in [0.15, 0.2) is 28.8 Å². The van der Waals surface area contributed by atoms with Crippen LogP contribution in [0.15, 0.2) is 89.8 Å². The van der Waals surface area contributed by atoms with Crippen molar-refractivity contribution in [3.63, 3.8) is 0 Å². The van der Waals surface area contributed by atoms with Gasteiger partial charge in [-0.3, -0.25) is 14.6 Å². The maximum absolute atomic E-state index is 11.8. The highest BCUT2D eigenvalue weighted by atomic mass is 16.5. The number of benzene rings is 2. The Balaban J connectivity index is 0.000000241. The second-order valence-electron chi connectivity index (χ2n) is 9.40. The number of hydrogen-bond donors (Lipinski definition) is 0. The highest BCUT2D eigenvalue weighted by Gasteiger charge is 2.20. The van der Waals surface area contributed by atoms with Crippen LogP contribution in [0, 0.1) is 0 Å². The molecule has 0 aliphatic heterocycles. The van der Waals surface area contributed by atoms with Crippen LogP contribution in [0.4, 0.5) is 0 Å². The zero-order valence-electron chi connectivity index (χ0n) is 26.0. The fourth-order valence-corrected chi connectivity index (χ4v) is 4.50. The van der Waals surface area contributed by atoms with Crippen molar-refractivity contribution >= 4 is 17.3 Å². The Hall–Kier alpha value is -5.05. The summed E-state index contributed by atoms with van der Waals surface area (Å²) in [6.45, 7) is 6.41. The molecular formula is C35H39NO8. The normalized spacial score (nSPS) is 11.5. The SMILES string of the molecule is CCOc1cc(/C(=C/C(C)=O)c2ccco2)ccc1OC.CCOc1cc(C(CC(=O)OC)c2ccncc2)ccc1OC. The van der Waals surface area contributed by atoms with Crippen LogP contribution in [0.3, 0.4) is 0 Å². The third-order valence-corrected chi connectivity index (χ3v) is 6.51. The molecule has 9 nitrogen and oxygen atoms in total. The van der Waals surface area contributed by atoms with Crippen LogP contribution >= 0.6 is 0 Å². The molecule has 0 bridgehead atoms. The molecular weight excluding hydrogens is 562 g/mol. The summed E-state index contributed by atoms with van der Waals surface area (Å²) in [6, 6.07) is 18.7. The predicted octanol–water partition coefficient (Wildman–Crippen LogP) is 6.89. The van der Waals surface area contributed by atoms with Crippen LogP contribution in [-0.4, -0.2) is 51.3 Å². The van der Waals surface area contributed by atoms with E-state index in [4.69, 9.17) is 28.1 Å². The Kier molecular flexibility index (Phi) is 13.0. The van der Waals surface area contributed by atoms with Gasteiger partial charge < -0.3 is 28.1 Å². The molecule has 0 N–H and O–H groups in total. The molecule has 4 rings (SSSR count). The predicted molar refractivity (Wildman–Crippen MR) is 168 cm³/mol. The first-order chi connectivity index (χ1) is 21.3. The number of carbonyl (C=O) groups is 2. The number of rotatable bonds is 13. The van der Waals surface area contributed by atoms with E-state index in [2.05, 4.69) is 4.98 Å². The number of carbonyl (C=O) groups excluding carboxylic acids is 2. The molecule has 0 amide bonds. The lowest BCUT2D eigenvalue weighted by Gasteiger charge is -2.19. The van der Waals surface area contributed by atoms with Gasteiger partial charge in [-0.25, -0.2) is 0 Å². The minimum absolute atomic E-state index is 0.0461. The number of aromatic nitrogens is 1. The molecule has 2 aromatic heterocycles. The lowest BCUT2D eigenvalue weighted by atomic mass is 9.89. The van der Waals surface area contributed by atoms with E-state index < -0.39 is 0 Å². The topological polar surface area (TPSA) is 106 Å². The Morgan fingerprint density at radius 3 is 2.00 bits per heavy atom. The second-order valence-corrected chi connectivity index (χ2v) is 9.40. The van der Waals surface area contributed by atoms with Crippen LogP contribution in [0.2, 0.25) is 0 Å². The van der Waals surface area contributed by atoms with E-state index in [1.807, 2.05) is 68.4 Å². The van der Waals surface area contributed by atoms with Crippen molar-refractivity contribution in [2.45, 2.75) is 33.1 Å². The zero-order chi connectivity index (χ0) is 31.9. The van der Waals surface area contributed by atoms with Crippen molar-refractivity contribution in [2.75, 3.05) is 34.5 Å². The largest absolute Gasteiger partial charge is 0.493 e. The average molecular weight is 602 g/mol. The van der Waals surface area contributed by atoms with Crippen LogP contribution < -0.4 is 18.9 Å². The van der Waals surface area contributed by atoms with Gasteiger partial charge in [0.25, 0.3) is 0 Å². The molecule has 0 spiro atoms. The molecule has 0 saturated carbocycles. The smallest absolute Gasteiger partial charge is 0.306 e. The van der Waals surface area contributed by atoms with Crippen molar-refractivity contribution in [1.82, 2.24) is 4.98 Å². The van der Waals surface area contributed by atoms with Crippen molar-refractivity contribution in [3.05, 3.63) is 108 Å². The van der Waals surface area contributed by atoms with Crippen molar-refractivity contribution in [3.8, 4) is 23.0 Å². The fraction of sp³-hybridized carbons (Fsp3) is 0.286. The van der Waals surface area contributed by atoms with Gasteiger partial charge in [0.05, 0.1) is 47.2 Å². The van der Waals surface area contributed by atoms with E-state index in [9.17, 15) is 9.59 Å². The quantitative estimate of drug-likeness (QED) is 0.120. The van der Waals surface area contributed by atoms with Gasteiger partial charge in [0.2, 0.25) is 0 Å². The Labute approximate surface area is 258 Å². The molecule has 9 heteroatoms. The Morgan fingerprint density at radius 2 is 1.45 bits per heavy atom. The van der Waals surface area contributed by atoms with Crippen LogP contribution in [0.1, 0.15) is 55.6 Å². The number of allylic oxidation sites excluding steroid dienone is 1. The zero-order valence-corrected chi connectivity index (χ0v) is 26.0. The fourth-order valence-electron chi connectivity index (χ4n) is 4.50. The Bertz CT molecular complexity index is 1510. The van der Waals surface area contributed by atoms with E-state index in [1.54, 1.807) is 45.0 Å². The molecule has 0 saturated heterocycles. The van der Waals surface area contributed by atoms with Gasteiger partial charge >= 0.3 is 5.97 Å². The van der Waals surface area contributed by atoms with Crippen LogP contribution in [0.5, 0.6) is 23.0 Å². The molecule has 0 aliphatic rings. The Morgan fingerprint density at radius 1 is 0.818 bits per heavy atom. The minimum atomic E-state index is -0.263. The van der Waals surface area contributed by atoms with E-state index in [0.717, 1.165) is 22.3 Å². The van der Waals surface area contributed by atoms with E-state index in [1.165, 1.54) is 14.0 Å². The molecule has 2 heterocycles. The highest BCUT2D eigenvalue weighted by molar-refractivity contribution is 5.98. The lowest BCUT2D eigenvalue weighted by molar-refractivity contribution is -0.140. The molecule has 44 heavy (non-hydrogen) atoms. The molecule has 1 unspecified atom stereocenters. The molecule has 4 aromatic rings. The third-order valence-electron chi connectivity index (χ3n) is 6.51. The molecule has 0 fully saturated rings. The van der Waals surface area contributed by atoms with E-state index in [-0.39, 0.29) is 24.1 Å². The average Bonchev–Trinajstić information content (AvgIpc) is 3.58. The van der Waals surface area contributed by atoms with Gasteiger partial charge in [0.1, 0.15) is 5.76 Å². The number of pyridine rings is 1. The summed E-state index contributed by atoms with van der Waals surface area (Å²) in [5.41, 5.74) is 3.52. The number of hydrogen-bond acceptors (Lipinski definition) is 9. The first kappa shape index (κ1) is 33.5. The summed E-state index contributed by atoms with van der Waals surface area (Å²) < 4.78 is 32.0. The number of methoxy groups -OCH3 is 3. The monoisotopic (exact) mass is 601 g/mol. The lowest BCUT2D eigenvalue weighted by Crippen LogP contribution is -2.10. The summed E-state index contributed by atoms with van der Waals surface area (Å²) in [5.74, 6) is 2.82. The van der Waals surface area contributed by atoms with Gasteiger partial charge in [-0.1, -0.05) is 12.1 Å². The van der Waals surface area contributed by atoms with E-state index in [0.29, 0.717) is 42.0 Å².